The van der Waals surface area contributed by atoms with Crippen LogP contribution in [0.15, 0.2) is 23.7 Å². The minimum Gasteiger partial charge on any atom is -0.354 e. The summed E-state index contributed by atoms with van der Waals surface area (Å²) in [5.41, 5.74) is 0. The van der Waals surface area contributed by atoms with Gasteiger partial charge >= 0.3 is 5.00 Å². The van der Waals surface area contributed by atoms with Gasteiger partial charge in [-0.15, -0.1) is 11.3 Å². The molecule has 0 fully saturated rings. The summed E-state index contributed by atoms with van der Waals surface area (Å²) in [7, 11) is 0. The van der Waals surface area contributed by atoms with Crippen LogP contribution in [0.2, 0.25) is 0 Å². The number of nitrogens with one attached hydrogen (secondary N) is 1. The van der Waals surface area contributed by atoms with Gasteiger partial charge in [0.2, 0.25) is 0 Å². The molecule has 0 aliphatic rings. The Hall–Kier alpha value is -1.47. The molecule has 2 aromatic heterocycles. The smallest absolute Gasteiger partial charge is 0.345 e. The summed E-state index contributed by atoms with van der Waals surface area (Å²) in [6.45, 7) is 2.12. The third-order valence-electron chi connectivity index (χ3n) is 2.44. The van der Waals surface area contributed by atoms with Crippen molar-refractivity contribution < 1.29 is 4.92 Å². The molecule has 1 unspecified atom stereocenters. The summed E-state index contributed by atoms with van der Waals surface area (Å²) < 4.78 is 0. The maximum atomic E-state index is 10.6. The molecule has 96 valence electrons. The molecule has 2 rings (SSSR count). The topological polar surface area (TPSA) is 68.1 Å². The number of hydrogen-bond donors (Lipinski definition) is 1. The highest BCUT2D eigenvalue weighted by atomic mass is 32.1. The van der Waals surface area contributed by atoms with E-state index >= 15 is 0 Å². The molecular formula is C11H13N3O2S2. The van der Waals surface area contributed by atoms with E-state index in [1.54, 1.807) is 11.3 Å². The average Bonchev–Trinajstić information content (AvgIpc) is 2.99. The number of nitrogens with zero attached hydrogens (tertiary/aromatic N) is 2. The van der Waals surface area contributed by atoms with E-state index in [1.807, 2.05) is 11.4 Å². The second kappa shape index (κ2) is 5.92. The molecule has 0 aromatic carbocycles. The van der Waals surface area contributed by atoms with Crippen molar-refractivity contribution in [2.24, 2.45) is 0 Å². The first-order valence-corrected chi connectivity index (χ1v) is 7.30. The van der Waals surface area contributed by atoms with Crippen molar-refractivity contribution >= 4 is 32.8 Å². The van der Waals surface area contributed by atoms with Crippen molar-refractivity contribution in [2.45, 2.75) is 25.8 Å². The number of thiazole rings is 1. The first-order valence-electron chi connectivity index (χ1n) is 5.61. The molecule has 1 atom stereocenters. The van der Waals surface area contributed by atoms with E-state index in [1.165, 1.54) is 11.1 Å². The maximum absolute atomic E-state index is 10.6. The van der Waals surface area contributed by atoms with Gasteiger partial charge in [0.25, 0.3) is 0 Å². The summed E-state index contributed by atoms with van der Waals surface area (Å²) >= 11 is 2.76. The van der Waals surface area contributed by atoms with Crippen LogP contribution in [0.1, 0.15) is 30.7 Å². The maximum Gasteiger partial charge on any atom is 0.345 e. The minimum absolute atomic E-state index is 0.0685. The summed E-state index contributed by atoms with van der Waals surface area (Å²) in [6, 6.07) is 4.26. The summed E-state index contributed by atoms with van der Waals surface area (Å²) in [5.74, 6) is 0. The largest absolute Gasteiger partial charge is 0.354 e. The molecule has 0 saturated carbocycles. The molecule has 0 aliphatic carbocycles. The Labute approximate surface area is 113 Å². The van der Waals surface area contributed by atoms with Gasteiger partial charge < -0.3 is 5.32 Å². The Kier molecular flexibility index (Phi) is 4.27. The van der Waals surface area contributed by atoms with E-state index in [9.17, 15) is 10.1 Å². The highest BCUT2D eigenvalue weighted by Gasteiger charge is 2.16. The second-order valence-corrected chi connectivity index (χ2v) is 5.75. The Morgan fingerprint density at radius 2 is 2.44 bits per heavy atom. The van der Waals surface area contributed by atoms with Crippen molar-refractivity contribution in [3.05, 3.63) is 38.7 Å². The average molecular weight is 283 g/mol. The van der Waals surface area contributed by atoms with Crippen molar-refractivity contribution in [2.75, 3.05) is 5.32 Å². The van der Waals surface area contributed by atoms with Crippen LogP contribution in [0.4, 0.5) is 10.1 Å². The van der Waals surface area contributed by atoms with Crippen LogP contribution >= 0.6 is 22.7 Å². The van der Waals surface area contributed by atoms with Crippen molar-refractivity contribution in [3.63, 3.8) is 0 Å². The van der Waals surface area contributed by atoms with Crippen LogP contribution in [0, 0.1) is 10.1 Å². The lowest BCUT2D eigenvalue weighted by molar-refractivity contribution is -0.380. The predicted molar refractivity (Wildman–Crippen MR) is 74.4 cm³/mol. The van der Waals surface area contributed by atoms with Gasteiger partial charge in [0, 0.05) is 4.88 Å². The molecule has 0 spiro atoms. The monoisotopic (exact) mass is 283 g/mol. The van der Waals surface area contributed by atoms with E-state index in [2.05, 4.69) is 23.3 Å². The molecule has 2 aromatic rings. The van der Waals surface area contributed by atoms with Crippen LogP contribution in [0.3, 0.4) is 0 Å². The number of hydrogen-bond acceptors (Lipinski definition) is 6. The third kappa shape index (κ3) is 3.05. The number of aromatic nitrogens is 1. The Balaban J connectivity index is 2.10. The minimum atomic E-state index is -0.414. The molecular weight excluding hydrogens is 270 g/mol. The number of thiophene rings is 1. The molecule has 1 N–H and O–H groups in total. The van der Waals surface area contributed by atoms with Gasteiger partial charge in [-0.2, -0.15) is 0 Å². The summed E-state index contributed by atoms with van der Waals surface area (Å²) in [4.78, 5) is 15.5. The van der Waals surface area contributed by atoms with Crippen LogP contribution in [0.5, 0.6) is 0 Å². The first kappa shape index (κ1) is 13.0. The van der Waals surface area contributed by atoms with Crippen LogP contribution in [-0.4, -0.2) is 9.91 Å². The van der Waals surface area contributed by atoms with Gasteiger partial charge in [-0.05, 0) is 29.2 Å². The summed E-state index contributed by atoms with van der Waals surface area (Å²) in [5, 5.41) is 16.6. The van der Waals surface area contributed by atoms with Gasteiger partial charge in [-0.1, -0.05) is 19.4 Å². The fourth-order valence-corrected chi connectivity index (χ4v) is 3.13. The zero-order chi connectivity index (χ0) is 13.0. The molecule has 5 nitrogen and oxygen atoms in total. The molecule has 2 heterocycles. The standard InChI is InChI=1S/C11H13N3O2S2/c1-2-4-8(9-5-3-6-17-9)13-11-12-7-10(18-11)14(15)16/h3,5-8H,2,4H2,1H3,(H,12,13). The van der Waals surface area contributed by atoms with Crippen LogP contribution < -0.4 is 5.32 Å². The van der Waals surface area contributed by atoms with Gasteiger partial charge in [0.1, 0.15) is 6.20 Å². The van der Waals surface area contributed by atoms with E-state index < -0.39 is 4.92 Å². The quantitative estimate of drug-likeness (QED) is 0.641. The third-order valence-corrected chi connectivity index (χ3v) is 4.30. The number of anilines is 1. The van der Waals surface area contributed by atoms with Crippen molar-refractivity contribution in [1.29, 1.82) is 0 Å². The summed E-state index contributed by atoms with van der Waals surface area (Å²) in [6.07, 6.45) is 3.32. The highest BCUT2D eigenvalue weighted by Crippen LogP contribution is 2.31. The second-order valence-electron chi connectivity index (χ2n) is 3.76. The van der Waals surface area contributed by atoms with E-state index in [-0.39, 0.29) is 11.0 Å². The van der Waals surface area contributed by atoms with Crippen LogP contribution in [0.25, 0.3) is 0 Å². The molecule has 0 saturated heterocycles. The highest BCUT2D eigenvalue weighted by molar-refractivity contribution is 7.18. The molecule has 0 aliphatic heterocycles. The number of nitro groups is 1. The van der Waals surface area contributed by atoms with E-state index in [0.717, 1.165) is 24.2 Å². The lowest BCUT2D eigenvalue weighted by Crippen LogP contribution is -2.08. The molecule has 18 heavy (non-hydrogen) atoms. The fraction of sp³-hybridized carbons (Fsp3) is 0.364. The van der Waals surface area contributed by atoms with Crippen molar-refractivity contribution in [3.8, 4) is 0 Å². The Bertz CT molecular complexity index is 510. The molecule has 7 heteroatoms. The van der Waals surface area contributed by atoms with E-state index in [0.29, 0.717) is 5.13 Å². The Morgan fingerprint density at radius 1 is 1.61 bits per heavy atom. The molecule has 0 amide bonds. The normalized spacial score (nSPS) is 12.3. The lowest BCUT2D eigenvalue weighted by atomic mass is 10.1. The Morgan fingerprint density at radius 3 is 3.00 bits per heavy atom. The lowest BCUT2D eigenvalue weighted by Gasteiger charge is -2.15. The van der Waals surface area contributed by atoms with Crippen LogP contribution in [-0.2, 0) is 0 Å². The zero-order valence-corrected chi connectivity index (χ0v) is 11.5. The predicted octanol–water partition coefficient (Wildman–Crippen LogP) is 4.07. The zero-order valence-electron chi connectivity index (χ0n) is 9.83. The SMILES string of the molecule is CCCC(Nc1ncc([N+](=O)[O-])s1)c1cccs1. The molecule has 0 bridgehead atoms. The van der Waals surface area contributed by atoms with Gasteiger partial charge in [0.15, 0.2) is 5.13 Å². The number of rotatable bonds is 6. The fourth-order valence-electron chi connectivity index (χ4n) is 1.63. The molecule has 0 radical (unpaired) electrons. The first-order chi connectivity index (χ1) is 8.70. The van der Waals surface area contributed by atoms with Gasteiger partial charge in [-0.25, -0.2) is 4.98 Å². The van der Waals surface area contributed by atoms with Crippen molar-refractivity contribution in [1.82, 2.24) is 4.98 Å². The van der Waals surface area contributed by atoms with Gasteiger partial charge in [-0.3, -0.25) is 10.1 Å². The van der Waals surface area contributed by atoms with E-state index in [4.69, 9.17) is 0 Å². The van der Waals surface area contributed by atoms with Gasteiger partial charge in [0.05, 0.1) is 11.0 Å².